The summed E-state index contributed by atoms with van der Waals surface area (Å²) in [5.41, 5.74) is 1.23. The van der Waals surface area contributed by atoms with Gasteiger partial charge < -0.3 is 15.5 Å². The number of rotatable bonds is 5. The van der Waals surface area contributed by atoms with Crippen molar-refractivity contribution < 1.29 is 10.2 Å². The maximum Gasteiger partial charge on any atom is 0.307 e. The molecular weight excluding hydrogens is 356 g/mol. The number of aromatic nitrogens is 4. The van der Waals surface area contributed by atoms with E-state index in [0.717, 1.165) is 24.2 Å². The first-order valence-electron chi connectivity index (χ1n) is 8.28. The van der Waals surface area contributed by atoms with Crippen molar-refractivity contribution >= 4 is 28.9 Å². The average Bonchev–Trinajstić information content (AvgIpc) is 3.22. The quantitative estimate of drug-likeness (QED) is 0.481. The summed E-state index contributed by atoms with van der Waals surface area (Å²) in [6.07, 6.45) is 4.89. The molecule has 3 aromatic rings. The van der Waals surface area contributed by atoms with Gasteiger partial charge in [-0.15, -0.1) is 0 Å². The topological polar surface area (TPSA) is 128 Å². The second kappa shape index (κ2) is 6.54. The summed E-state index contributed by atoms with van der Waals surface area (Å²) in [6.45, 7) is 2.05. The second-order valence-corrected chi connectivity index (χ2v) is 7.31. The van der Waals surface area contributed by atoms with E-state index in [1.165, 1.54) is 0 Å². The van der Waals surface area contributed by atoms with E-state index in [-0.39, 0.29) is 10.8 Å². The van der Waals surface area contributed by atoms with Crippen molar-refractivity contribution in [3.8, 4) is 5.88 Å². The van der Waals surface area contributed by atoms with Crippen LogP contribution < -0.4 is 20.9 Å². The third-order valence-electron chi connectivity index (χ3n) is 3.86. The highest BCUT2D eigenvalue weighted by Gasteiger charge is 2.20. The molecule has 3 aromatic heterocycles. The lowest BCUT2D eigenvalue weighted by molar-refractivity contribution is 0.208. The van der Waals surface area contributed by atoms with E-state index >= 15 is 0 Å². The van der Waals surface area contributed by atoms with E-state index in [1.54, 1.807) is 29.8 Å². The van der Waals surface area contributed by atoms with Crippen LogP contribution in [0.5, 0.6) is 5.88 Å². The predicted molar refractivity (Wildman–Crippen MR) is 97.1 cm³/mol. The number of hydrogen-bond acceptors (Lipinski definition) is 8. The van der Waals surface area contributed by atoms with Crippen molar-refractivity contribution in [3.63, 3.8) is 0 Å². The lowest BCUT2D eigenvalue weighted by Gasteiger charge is -2.08. The molecule has 0 saturated heterocycles. The van der Waals surface area contributed by atoms with Crippen LogP contribution in [0, 0.1) is 0 Å². The van der Waals surface area contributed by atoms with Crippen LogP contribution >= 0.6 is 11.3 Å². The number of fused-ring (bicyclic) bond motifs is 1. The van der Waals surface area contributed by atoms with Gasteiger partial charge in [-0.3, -0.25) is 14.8 Å². The number of anilines is 1. The SMILES string of the molecule is CC(O)CNc1cc(=NC2CC2)n2ncc(=Cc3sc(=O)[nH]c3O)c2n1. The molecule has 136 valence electrons. The largest absolute Gasteiger partial charge is 0.493 e. The van der Waals surface area contributed by atoms with Crippen LogP contribution in [0.1, 0.15) is 24.6 Å². The molecule has 26 heavy (non-hydrogen) atoms. The first-order valence-corrected chi connectivity index (χ1v) is 9.09. The van der Waals surface area contributed by atoms with Crippen LogP contribution in [0.3, 0.4) is 0 Å². The van der Waals surface area contributed by atoms with Gasteiger partial charge in [0, 0.05) is 17.8 Å². The van der Waals surface area contributed by atoms with Crippen molar-refractivity contribution in [2.75, 3.05) is 11.9 Å². The highest BCUT2D eigenvalue weighted by molar-refractivity contribution is 7.10. The zero-order valence-electron chi connectivity index (χ0n) is 14.0. The molecule has 10 heteroatoms. The van der Waals surface area contributed by atoms with Crippen molar-refractivity contribution in [3.05, 3.63) is 37.5 Å². The number of nitrogens with one attached hydrogen (secondary N) is 2. The summed E-state index contributed by atoms with van der Waals surface area (Å²) in [5.74, 6) is 0.407. The number of aliphatic hydroxyl groups is 1. The Balaban J connectivity index is 1.88. The van der Waals surface area contributed by atoms with Crippen molar-refractivity contribution in [2.24, 2.45) is 4.99 Å². The van der Waals surface area contributed by atoms with E-state index in [0.29, 0.717) is 39.6 Å². The summed E-state index contributed by atoms with van der Waals surface area (Å²) < 4.78 is 1.64. The molecule has 1 aliphatic rings. The van der Waals surface area contributed by atoms with Gasteiger partial charge in [-0.2, -0.15) is 9.61 Å². The molecule has 1 unspecified atom stereocenters. The van der Waals surface area contributed by atoms with Gasteiger partial charge in [0.05, 0.1) is 23.2 Å². The Morgan fingerprint density at radius 2 is 2.38 bits per heavy atom. The van der Waals surface area contributed by atoms with E-state index in [2.05, 4.69) is 25.4 Å². The number of aromatic amines is 1. The highest BCUT2D eigenvalue weighted by Crippen LogP contribution is 2.22. The predicted octanol–water partition coefficient (Wildman–Crippen LogP) is -0.412. The Morgan fingerprint density at radius 1 is 1.58 bits per heavy atom. The summed E-state index contributed by atoms with van der Waals surface area (Å²) in [4.78, 5) is 23.0. The smallest absolute Gasteiger partial charge is 0.307 e. The fourth-order valence-electron chi connectivity index (χ4n) is 2.46. The highest BCUT2D eigenvalue weighted by atomic mass is 32.1. The van der Waals surface area contributed by atoms with Gasteiger partial charge in [-0.1, -0.05) is 11.3 Å². The third kappa shape index (κ3) is 3.46. The fourth-order valence-corrected chi connectivity index (χ4v) is 3.14. The lowest BCUT2D eigenvalue weighted by Crippen LogP contribution is -2.22. The molecule has 0 spiro atoms. The molecule has 0 aliphatic heterocycles. The molecule has 9 nitrogen and oxygen atoms in total. The first kappa shape index (κ1) is 16.7. The minimum atomic E-state index is -0.512. The van der Waals surface area contributed by atoms with Crippen molar-refractivity contribution in [2.45, 2.75) is 31.9 Å². The van der Waals surface area contributed by atoms with E-state index < -0.39 is 6.10 Å². The normalized spacial score (nSPS) is 17.2. The number of nitrogens with zero attached hydrogens (tertiary/aromatic N) is 4. The molecule has 1 saturated carbocycles. The summed E-state index contributed by atoms with van der Waals surface area (Å²) in [6, 6.07) is 2.11. The zero-order chi connectivity index (χ0) is 18.3. The van der Waals surface area contributed by atoms with Crippen LogP contribution in [0.4, 0.5) is 5.82 Å². The first-order chi connectivity index (χ1) is 12.5. The Hall–Kier alpha value is -2.72. The van der Waals surface area contributed by atoms with Crippen molar-refractivity contribution in [1.29, 1.82) is 0 Å². The van der Waals surface area contributed by atoms with Gasteiger partial charge in [0.15, 0.2) is 11.1 Å². The van der Waals surface area contributed by atoms with Crippen molar-refractivity contribution in [1.82, 2.24) is 19.6 Å². The third-order valence-corrected chi connectivity index (χ3v) is 4.68. The summed E-state index contributed by atoms with van der Waals surface area (Å²) in [7, 11) is 0. The van der Waals surface area contributed by atoms with Crippen LogP contribution in [0.15, 0.2) is 22.1 Å². The minimum absolute atomic E-state index is 0.175. The lowest BCUT2D eigenvalue weighted by atomic mass is 10.3. The minimum Gasteiger partial charge on any atom is -0.493 e. The van der Waals surface area contributed by atoms with Gasteiger partial charge >= 0.3 is 4.87 Å². The molecule has 0 radical (unpaired) electrons. The maximum atomic E-state index is 11.4. The molecule has 0 bridgehead atoms. The number of aromatic hydroxyl groups is 1. The Labute approximate surface area is 151 Å². The van der Waals surface area contributed by atoms with Crippen LogP contribution in [-0.4, -0.2) is 48.5 Å². The Morgan fingerprint density at radius 3 is 3.04 bits per heavy atom. The zero-order valence-corrected chi connectivity index (χ0v) is 14.8. The van der Waals surface area contributed by atoms with Crippen LogP contribution in [0.25, 0.3) is 11.7 Å². The van der Waals surface area contributed by atoms with Gasteiger partial charge in [-0.05, 0) is 25.8 Å². The van der Waals surface area contributed by atoms with Crippen LogP contribution in [-0.2, 0) is 0 Å². The number of aliphatic hydroxyl groups excluding tert-OH is 1. The standard InChI is InChI=1S/C16H18N6O3S/c1-8(23)6-17-12-5-13(19-10-2-3-10)22-14(20-12)9(7-18-22)4-11-15(24)21-16(25)26-11/h4-5,7-8,10,17,23-24H,2-3,6H2,1H3,(H,21,25). The molecule has 4 rings (SSSR count). The summed E-state index contributed by atoms with van der Waals surface area (Å²) in [5, 5.41) is 27.4. The summed E-state index contributed by atoms with van der Waals surface area (Å²) >= 11 is 0.911. The Kier molecular flexibility index (Phi) is 4.21. The monoisotopic (exact) mass is 374 g/mol. The number of H-pyrrole nitrogens is 1. The van der Waals surface area contributed by atoms with Gasteiger partial charge in [0.25, 0.3) is 0 Å². The molecule has 4 N–H and O–H groups in total. The Bertz CT molecular complexity index is 1130. The molecule has 0 amide bonds. The van der Waals surface area contributed by atoms with Crippen LogP contribution in [0.2, 0.25) is 0 Å². The van der Waals surface area contributed by atoms with E-state index in [4.69, 9.17) is 0 Å². The molecule has 1 fully saturated rings. The molecule has 3 heterocycles. The maximum absolute atomic E-state index is 11.4. The number of thiazole rings is 1. The molecule has 1 atom stereocenters. The van der Waals surface area contributed by atoms with E-state index in [1.807, 2.05) is 0 Å². The van der Waals surface area contributed by atoms with Gasteiger partial charge in [0.2, 0.25) is 5.88 Å². The average molecular weight is 374 g/mol. The fraction of sp³-hybridized carbons (Fsp3) is 0.375. The van der Waals surface area contributed by atoms with E-state index in [9.17, 15) is 15.0 Å². The van der Waals surface area contributed by atoms with Gasteiger partial charge in [0.1, 0.15) is 5.82 Å². The molecule has 0 aromatic carbocycles. The van der Waals surface area contributed by atoms with Gasteiger partial charge in [-0.25, -0.2) is 4.98 Å². The number of hydrogen-bond donors (Lipinski definition) is 4. The second-order valence-electron chi connectivity index (χ2n) is 6.30. The molecule has 1 aliphatic carbocycles. The molecular formula is C16H18N6O3S.